The molecule has 1 N–H and O–H groups in total. The maximum atomic E-state index is 14.1. The Hall–Kier alpha value is -2.90. The van der Waals surface area contributed by atoms with Crippen LogP contribution in [0.3, 0.4) is 0 Å². The van der Waals surface area contributed by atoms with Crippen molar-refractivity contribution in [2.75, 3.05) is 23.9 Å². The average molecular weight is 466 g/mol. The Morgan fingerprint density at radius 3 is 2.67 bits per heavy atom. The van der Waals surface area contributed by atoms with Gasteiger partial charge in [0.1, 0.15) is 11.3 Å². The maximum Gasteiger partial charge on any atom is 0.250 e. The molecule has 4 heterocycles. The van der Waals surface area contributed by atoms with Crippen molar-refractivity contribution in [3.63, 3.8) is 0 Å². The van der Waals surface area contributed by atoms with Gasteiger partial charge in [0, 0.05) is 28.4 Å². The van der Waals surface area contributed by atoms with Gasteiger partial charge in [0.15, 0.2) is 0 Å². The van der Waals surface area contributed by atoms with E-state index in [1.807, 2.05) is 32.0 Å². The Balaban J connectivity index is 1.56. The van der Waals surface area contributed by atoms with Crippen LogP contribution in [0, 0.1) is 25.7 Å². The first-order valence-electron chi connectivity index (χ1n) is 11.2. The van der Waals surface area contributed by atoms with Crippen molar-refractivity contribution >= 4 is 40.7 Å². The van der Waals surface area contributed by atoms with Gasteiger partial charge in [-0.15, -0.1) is 0 Å². The summed E-state index contributed by atoms with van der Waals surface area (Å²) in [6.07, 6.45) is 1.66. The van der Waals surface area contributed by atoms with Crippen molar-refractivity contribution in [1.29, 1.82) is 0 Å². The lowest BCUT2D eigenvalue weighted by Gasteiger charge is -2.36. The van der Waals surface area contributed by atoms with Gasteiger partial charge in [0.2, 0.25) is 17.7 Å². The fourth-order valence-corrected chi connectivity index (χ4v) is 6.69. The van der Waals surface area contributed by atoms with Crippen molar-refractivity contribution in [1.82, 2.24) is 4.90 Å². The zero-order valence-corrected chi connectivity index (χ0v) is 19.4. The minimum Gasteiger partial charge on any atom is -0.495 e. The zero-order chi connectivity index (χ0) is 23.2. The minimum atomic E-state index is -1.18. The van der Waals surface area contributed by atoms with Gasteiger partial charge in [-0.3, -0.25) is 19.3 Å². The predicted molar refractivity (Wildman–Crippen MR) is 123 cm³/mol. The number of nitrogens with zero attached hydrogens (tertiary/aromatic N) is 2. The first-order chi connectivity index (χ1) is 15.8. The molecular weight excluding hydrogens is 442 g/mol. The molecular formula is C25H24ClN3O4. The summed E-state index contributed by atoms with van der Waals surface area (Å²) in [6.45, 7) is 4.48. The summed E-state index contributed by atoms with van der Waals surface area (Å²) in [7, 11) is 1.49. The third-order valence-corrected chi connectivity index (χ3v) is 8.26. The molecule has 0 aromatic heterocycles. The van der Waals surface area contributed by atoms with Gasteiger partial charge >= 0.3 is 0 Å². The summed E-state index contributed by atoms with van der Waals surface area (Å²) in [6, 6.07) is 9.00. The summed E-state index contributed by atoms with van der Waals surface area (Å²) in [5.41, 5.74) is 2.47. The van der Waals surface area contributed by atoms with E-state index in [0.29, 0.717) is 23.0 Å². The predicted octanol–water partition coefficient (Wildman–Crippen LogP) is 3.40. The maximum absolute atomic E-state index is 14.1. The normalized spacial score (nSPS) is 30.1. The number of benzene rings is 2. The largest absolute Gasteiger partial charge is 0.495 e. The average Bonchev–Trinajstić information content (AvgIpc) is 3.48. The summed E-state index contributed by atoms with van der Waals surface area (Å²) >= 11 is 6.27. The Morgan fingerprint density at radius 2 is 1.91 bits per heavy atom. The van der Waals surface area contributed by atoms with Crippen molar-refractivity contribution in [3.05, 3.63) is 52.0 Å². The van der Waals surface area contributed by atoms with Crippen LogP contribution >= 0.6 is 11.6 Å². The highest BCUT2D eigenvalue weighted by atomic mass is 35.5. The van der Waals surface area contributed by atoms with Gasteiger partial charge in [-0.25, -0.2) is 4.90 Å². The molecule has 8 heteroatoms. The number of anilines is 2. The standard InChI is InChI=1S/C25H24ClN3O4/c1-12-6-7-16-14(9-12)25(24(32)27-16)21-20(17-5-4-8-28(17)25)22(30)29(23(21)31)18-10-13(2)15(26)11-19(18)33-3/h6-7,9-11,17,20-21H,4-5,8H2,1-3H3,(H,27,32)/t17-,20+,21-,25+/m0/s1. The molecule has 2 aromatic rings. The van der Waals surface area contributed by atoms with Crippen LogP contribution in [0.2, 0.25) is 5.02 Å². The monoisotopic (exact) mass is 465 g/mol. The van der Waals surface area contributed by atoms with Crippen molar-refractivity contribution in [2.24, 2.45) is 11.8 Å². The lowest BCUT2D eigenvalue weighted by molar-refractivity contribution is -0.135. The van der Waals surface area contributed by atoms with Crippen LogP contribution in [0.1, 0.15) is 29.5 Å². The molecule has 4 aliphatic rings. The highest BCUT2D eigenvalue weighted by Gasteiger charge is 2.74. The van der Waals surface area contributed by atoms with Crippen LogP contribution in [0.4, 0.5) is 11.4 Å². The van der Waals surface area contributed by atoms with Crippen molar-refractivity contribution in [2.45, 2.75) is 38.3 Å². The summed E-state index contributed by atoms with van der Waals surface area (Å²) in [5.74, 6) is -1.87. The van der Waals surface area contributed by atoms with E-state index in [9.17, 15) is 14.4 Å². The molecule has 6 rings (SSSR count). The van der Waals surface area contributed by atoms with Gasteiger partial charge < -0.3 is 10.1 Å². The second-order valence-corrected chi connectivity index (χ2v) is 9.87. The number of imide groups is 1. The van der Waals surface area contributed by atoms with Gasteiger partial charge in [-0.2, -0.15) is 0 Å². The molecule has 0 aliphatic carbocycles. The van der Waals surface area contributed by atoms with E-state index in [1.54, 1.807) is 12.1 Å². The molecule has 0 bridgehead atoms. The van der Waals surface area contributed by atoms with Crippen LogP contribution in [0.15, 0.2) is 30.3 Å². The molecule has 33 heavy (non-hydrogen) atoms. The SMILES string of the molecule is COc1cc(Cl)c(C)cc1N1C(=O)[C@H]2[C@@H](C1=O)[C@]1(C(=O)Nc3ccc(C)cc31)N1CCC[C@@H]21. The smallest absolute Gasteiger partial charge is 0.250 e. The first-order valence-corrected chi connectivity index (χ1v) is 11.6. The molecule has 0 saturated carbocycles. The number of amides is 3. The van der Waals surface area contributed by atoms with Crippen LogP contribution in [0.25, 0.3) is 0 Å². The molecule has 7 nitrogen and oxygen atoms in total. The molecule has 3 fully saturated rings. The quantitative estimate of drug-likeness (QED) is 0.688. The van der Waals surface area contributed by atoms with E-state index in [0.717, 1.165) is 35.2 Å². The highest BCUT2D eigenvalue weighted by Crippen LogP contribution is 2.61. The van der Waals surface area contributed by atoms with Crippen LogP contribution < -0.4 is 15.0 Å². The first kappa shape index (κ1) is 20.7. The fraction of sp³-hybridized carbons (Fsp3) is 0.400. The number of carbonyl (C=O) groups is 3. The molecule has 2 aromatic carbocycles. The van der Waals surface area contributed by atoms with Crippen molar-refractivity contribution in [3.8, 4) is 5.75 Å². The van der Waals surface area contributed by atoms with Crippen molar-refractivity contribution < 1.29 is 19.1 Å². The van der Waals surface area contributed by atoms with Crippen LogP contribution in [-0.2, 0) is 19.9 Å². The van der Waals surface area contributed by atoms with Gasteiger partial charge in [-0.1, -0.05) is 29.3 Å². The number of fused-ring (bicyclic) bond motifs is 7. The van der Waals surface area contributed by atoms with Gasteiger partial charge in [0.05, 0.1) is 24.6 Å². The Morgan fingerprint density at radius 1 is 1.12 bits per heavy atom. The minimum absolute atomic E-state index is 0.159. The molecule has 3 amide bonds. The topological polar surface area (TPSA) is 78.9 Å². The Bertz CT molecular complexity index is 1260. The van der Waals surface area contributed by atoms with Crippen LogP contribution in [0.5, 0.6) is 5.75 Å². The number of rotatable bonds is 2. The Kier molecular flexibility index (Phi) is 4.27. The highest BCUT2D eigenvalue weighted by molar-refractivity contribution is 6.32. The number of halogens is 1. The number of aryl methyl sites for hydroxylation is 2. The summed E-state index contributed by atoms with van der Waals surface area (Å²) in [5, 5.41) is 3.50. The number of ether oxygens (including phenoxy) is 1. The van der Waals surface area contributed by atoms with E-state index in [1.165, 1.54) is 12.0 Å². The van der Waals surface area contributed by atoms with E-state index in [-0.39, 0.29) is 23.8 Å². The van der Waals surface area contributed by atoms with Gasteiger partial charge in [-0.05, 0) is 50.9 Å². The molecule has 3 saturated heterocycles. The lowest BCUT2D eigenvalue weighted by atomic mass is 9.75. The third-order valence-electron chi connectivity index (χ3n) is 7.85. The van der Waals surface area contributed by atoms with Crippen LogP contribution in [-0.4, -0.2) is 42.3 Å². The van der Waals surface area contributed by atoms with E-state index in [2.05, 4.69) is 10.2 Å². The molecule has 0 radical (unpaired) electrons. The molecule has 4 atom stereocenters. The second kappa shape index (κ2) is 6.81. The number of hydrogen-bond acceptors (Lipinski definition) is 5. The summed E-state index contributed by atoms with van der Waals surface area (Å²) < 4.78 is 5.49. The number of carbonyl (C=O) groups excluding carboxylic acids is 3. The van der Waals surface area contributed by atoms with E-state index in [4.69, 9.17) is 16.3 Å². The number of nitrogens with one attached hydrogen (secondary N) is 1. The van der Waals surface area contributed by atoms with E-state index < -0.39 is 17.4 Å². The summed E-state index contributed by atoms with van der Waals surface area (Å²) in [4.78, 5) is 45.0. The lowest BCUT2D eigenvalue weighted by Crippen LogP contribution is -2.54. The fourth-order valence-electron chi connectivity index (χ4n) is 6.54. The molecule has 0 unspecified atom stereocenters. The Labute approximate surface area is 196 Å². The number of hydrogen-bond donors (Lipinski definition) is 1. The molecule has 170 valence electrons. The molecule has 1 spiro atoms. The van der Waals surface area contributed by atoms with E-state index >= 15 is 0 Å². The zero-order valence-electron chi connectivity index (χ0n) is 18.6. The molecule has 4 aliphatic heterocycles. The second-order valence-electron chi connectivity index (χ2n) is 9.46. The third kappa shape index (κ3) is 2.41. The van der Waals surface area contributed by atoms with Gasteiger partial charge in [0.25, 0.3) is 0 Å². The number of methoxy groups -OCH3 is 1.